The van der Waals surface area contributed by atoms with Gasteiger partial charge in [-0.05, 0) is 32.8 Å². The van der Waals surface area contributed by atoms with E-state index in [1.807, 2.05) is 38.2 Å². The zero-order chi connectivity index (χ0) is 19.5. The Labute approximate surface area is 167 Å². The second kappa shape index (κ2) is 8.36. The number of aromatic amines is 1. The molecule has 1 N–H and O–H groups in total. The van der Waals surface area contributed by atoms with Crippen LogP contribution >= 0.6 is 11.8 Å². The fourth-order valence-electron chi connectivity index (χ4n) is 3.43. The van der Waals surface area contributed by atoms with E-state index in [9.17, 15) is 4.79 Å². The van der Waals surface area contributed by atoms with Crippen molar-refractivity contribution in [1.82, 2.24) is 19.7 Å². The molecule has 1 fully saturated rings. The topological polar surface area (TPSA) is 82.0 Å². The van der Waals surface area contributed by atoms with Crippen molar-refractivity contribution in [2.24, 2.45) is 0 Å². The summed E-state index contributed by atoms with van der Waals surface area (Å²) >= 11 is 1.35. The lowest BCUT2D eigenvalue weighted by Crippen LogP contribution is -2.17. The lowest BCUT2D eigenvalue weighted by Gasteiger charge is -2.14. The Hall–Kier alpha value is -2.32. The number of thioether (sulfide) groups is 1. The molecule has 0 radical (unpaired) electrons. The van der Waals surface area contributed by atoms with Crippen LogP contribution in [0.1, 0.15) is 26.7 Å². The molecular formula is C20H24N4O3S. The smallest absolute Gasteiger partial charge is 0.316 e. The van der Waals surface area contributed by atoms with Crippen molar-refractivity contribution in [3.8, 4) is 11.4 Å². The quantitative estimate of drug-likeness (QED) is 0.482. The number of hydrogen-bond donors (Lipinski definition) is 1. The van der Waals surface area contributed by atoms with Gasteiger partial charge in [0.2, 0.25) is 0 Å². The molecule has 0 amide bonds. The van der Waals surface area contributed by atoms with Crippen LogP contribution in [0, 0.1) is 0 Å². The third-order valence-corrected chi connectivity index (χ3v) is 5.58. The number of benzene rings is 1. The summed E-state index contributed by atoms with van der Waals surface area (Å²) in [7, 11) is 0. The molecule has 0 aliphatic carbocycles. The Morgan fingerprint density at radius 2 is 2.25 bits per heavy atom. The molecule has 8 heteroatoms. The number of para-hydroxylation sites is 1. The number of hydrogen-bond acceptors (Lipinski definition) is 6. The molecule has 1 atom stereocenters. The van der Waals surface area contributed by atoms with Gasteiger partial charge >= 0.3 is 5.97 Å². The average molecular weight is 401 g/mol. The maximum absolute atomic E-state index is 12.0. The van der Waals surface area contributed by atoms with Gasteiger partial charge in [-0.1, -0.05) is 30.0 Å². The highest BCUT2D eigenvalue weighted by Crippen LogP contribution is 2.31. The molecule has 1 aliphatic heterocycles. The first-order chi connectivity index (χ1) is 13.6. The van der Waals surface area contributed by atoms with Gasteiger partial charge in [0, 0.05) is 29.3 Å². The van der Waals surface area contributed by atoms with E-state index in [0.29, 0.717) is 11.7 Å². The van der Waals surface area contributed by atoms with Gasteiger partial charge in [0.05, 0.1) is 24.5 Å². The van der Waals surface area contributed by atoms with Crippen LogP contribution in [-0.2, 0) is 20.8 Å². The van der Waals surface area contributed by atoms with Crippen LogP contribution in [-0.4, -0.2) is 50.3 Å². The van der Waals surface area contributed by atoms with Gasteiger partial charge in [-0.2, -0.15) is 0 Å². The number of nitrogens with one attached hydrogen (secondary N) is 1. The van der Waals surface area contributed by atoms with Gasteiger partial charge in [-0.3, -0.25) is 9.36 Å². The van der Waals surface area contributed by atoms with E-state index >= 15 is 0 Å². The Bertz CT molecular complexity index is 959. The summed E-state index contributed by atoms with van der Waals surface area (Å²) in [5, 5.41) is 10.6. The van der Waals surface area contributed by atoms with Gasteiger partial charge in [0.1, 0.15) is 0 Å². The molecule has 0 bridgehead atoms. The van der Waals surface area contributed by atoms with E-state index in [1.165, 1.54) is 11.8 Å². The van der Waals surface area contributed by atoms with Gasteiger partial charge < -0.3 is 14.5 Å². The first-order valence-corrected chi connectivity index (χ1v) is 10.5. The molecule has 1 saturated heterocycles. The van der Waals surface area contributed by atoms with Crippen LogP contribution in [0.2, 0.25) is 0 Å². The summed E-state index contributed by atoms with van der Waals surface area (Å²) < 4.78 is 13.1. The van der Waals surface area contributed by atoms with Crippen LogP contribution in [0.4, 0.5) is 0 Å². The largest absolute Gasteiger partial charge is 0.462 e. The van der Waals surface area contributed by atoms with E-state index in [4.69, 9.17) is 9.47 Å². The number of nitrogens with zero attached hydrogens (tertiary/aromatic N) is 3. The molecule has 1 aliphatic rings. The van der Waals surface area contributed by atoms with Gasteiger partial charge in [0.15, 0.2) is 11.0 Å². The molecule has 1 aromatic carbocycles. The maximum atomic E-state index is 12.0. The molecule has 3 heterocycles. The van der Waals surface area contributed by atoms with E-state index in [2.05, 4.69) is 25.8 Å². The fourth-order valence-corrected chi connectivity index (χ4v) is 4.16. The zero-order valence-electron chi connectivity index (χ0n) is 16.1. The van der Waals surface area contributed by atoms with Crippen LogP contribution in [0.25, 0.3) is 22.3 Å². The summed E-state index contributed by atoms with van der Waals surface area (Å²) in [6.45, 7) is 5.15. The summed E-state index contributed by atoms with van der Waals surface area (Å²) in [5.41, 5.74) is 2.05. The predicted molar refractivity (Wildman–Crippen MR) is 108 cm³/mol. The van der Waals surface area contributed by atoms with Crippen molar-refractivity contribution in [1.29, 1.82) is 0 Å². The first kappa shape index (κ1) is 19.0. The second-order valence-corrected chi connectivity index (χ2v) is 8.07. The minimum absolute atomic E-state index is 0.125. The third kappa shape index (κ3) is 4.07. The highest BCUT2D eigenvalue weighted by molar-refractivity contribution is 7.99. The highest BCUT2D eigenvalue weighted by atomic mass is 32.2. The normalized spacial score (nSPS) is 16.9. The average Bonchev–Trinajstić information content (AvgIpc) is 3.40. The fraction of sp³-hybridized carbons (Fsp3) is 0.450. The molecular weight excluding hydrogens is 376 g/mol. The molecule has 7 nitrogen and oxygen atoms in total. The monoisotopic (exact) mass is 400 g/mol. The molecule has 28 heavy (non-hydrogen) atoms. The van der Waals surface area contributed by atoms with Crippen LogP contribution < -0.4 is 0 Å². The number of esters is 1. The minimum Gasteiger partial charge on any atom is -0.462 e. The van der Waals surface area contributed by atoms with Crippen molar-refractivity contribution in [3.63, 3.8) is 0 Å². The Balaban J connectivity index is 1.64. The summed E-state index contributed by atoms with van der Waals surface area (Å²) in [6.07, 6.45) is 4.06. The van der Waals surface area contributed by atoms with Crippen LogP contribution in [0.15, 0.2) is 35.6 Å². The molecule has 0 saturated carbocycles. The van der Waals surface area contributed by atoms with Gasteiger partial charge in [-0.25, -0.2) is 0 Å². The van der Waals surface area contributed by atoms with E-state index in [0.717, 1.165) is 41.7 Å². The molecule has 3 aromatic rings. The third-order valence-electron chi connectivity index (χ3n) is 4.64. The number of H-pyrrole nitrogens is 1. The SMILES string of the molecule is CC(C)OC(=O)CSc1nnc(-c2c[nH]c3ccccc23)n1CC1CCCO1. The molecule has 4 rings (SSSR count). The van der Waals surface area contributed by atoms with Crippen molar-refractivity contribution in [2.45, 2.75) is 50.6 Å². The summed E-state index contributed by atoms with van der Waals surface area (Å²) in [4.78, 5) is 15.3. The Kier molecular flexibility index (Phi) is 5.68. The number of fused-ring (bicyclic) bond motifs is 1. The molecule has 0 spiro atoms. The van der Waals surface area contributed by atoms with Crippen molar-refractivity contribution in [3.05, 3.63) is 30.5 Å². The second-order valence-electron chi connectivity index (χ2n) is 7.13. The van der Waals surface area contributed by atoms with Gasteiger partial charge in [0.25, 0.3) is 0 Å². The predicted octanol–water partition coefficient (Wildman–Crippen LogP) is 3.65. The van der Waals surface area contributed by atoms with Crippen molar-refractivity contribution >= 4 is 28.6 Å². The van der Waals surface area contributed by atoms with E-state index in [-0.39, 0.29) is 23.9 Å². The molecule has 2 aromatic heterocycles. The molecule has 1 unspecified atom stereocenters. The number of aromatic nitrogens is 4. The zero-order valence-corrected chi connectivity index (χ0v) is 16.9. The number of carbonyl (C=O) groups is 1. The van der Waals surface area contributed by atoms with E-state index in [1.54, 1.807) is 0 Å². The Morgan fingerprint density at radius 3 is 3.04 bits per heavy atom. The first-order valence-electron chi connectivity index (χ1n) is 9.55. The lowest BCUT2D eigenvalue weighted by atomic mass is 10.1. The Morgan fingerprint density at radius 1 is 1.39 bits per heavy atom. The van der Waals surface area contributed by atoms with Gasteiger partial charge in [-0.15, -0.1) is 10.2 Å². The van der Waals surface area contributed by atoms with Crippen LogP contribution in [0.3, 0.4) is 0 Å². The van der Waals surface area contributed by atoms with Crippen LogP contribution in [0.5, 0.6) is 0 Å². The highest BCUT2D eigenvalue weighted by Gasteiger charge is 2.23. The van der Waals surface area contributed by atoms with Crippen molar-refractivity contribution in [2.75, 3.05) is 12.4 Å². The summed E-state index contributed by atoms with van der Waals surface area (Å²) in [5.74, 6) is 0.739. The maximum Gasteiger partial charge on any atom is 0.316 e. The number of rotatable bonds is 7. The lowest BCUT2D eigenvalue weighted by molar-refractivity contribution is -0.144. The summed E-state index contributed by atoms with van der Waals surface area (Å²) in [6, 6.07) is 8.12. The van der Waals surface area contributed by atoms with Crippen molar-refractivity contribution < 1.29 is 14.3 Å². The number of ether oxygens (including phenoxy) is 2. The molecule has 148 valence electrons. The minimum atomic E-state index is -0.250. The van der Waals surface area contributed by atoms with E-state index < -0.39 is 0 Å². The number of carbonyl (C=O) groups excluding carboxylic acids is 1. The standard InChI is InChI=1S/C20H24N4O3S/c1-13(2)27-18(25)12-28-20-23-22-19(24(20)11-14-6-5-9-26-14)16-10-21-17-8-4-3-7-15(16)17/h3-4,7-8,10,13-14,21H,5-6,9,11-12H2,1-2H3.